The molecule has 2 atom stereocenters. The van der Waals surface area contributed by atoms with Crippen LogP contribution in [-0.4, -0.2) is 23.7 Å². The highest BCUT2D eigenvalue weighted by Crippen LogP contribution is 2.31. The zero-order valence-corrected chi connectivity index (χ0v) is 11.8. The first-order valence-electron chi connectivity index (χ1n) is 6.80. The Hall–Kier alpha value is -1.71. The number of piperidine rings is 1. The number of aromatic carboxylic acids is 1. The molecule has 4 nitrogen and oxygen atoms in total. The number of aryl methyl sites for hydroxylation is 1. The molecule has 3 N–H and O–H groups in total. The molecule has 0 amide bonds. The monoisotopic (exact) mass is 262 g/mol. The standard InChI is InChI=1S/C15H22N2O2/c1-9-4-5-11(3)17(8-9)12-6-10(2)14(16)13(7-12)15(18)19/h6-7,9,11H,4-5,8,16H2,1-3H3,(H,18,19). The van der Waals surface area contributed by atoms with E-state index in [1.807, 2.05) is 13.0 Å². The van der Waals surface area contributed by atoms with Crippen molar-refractivity contribution in [3.63, 3.8) is 0 Å². The second-order valence-corrected chi connectivity index (χ2v) is 5.71. The molecule has 0 aromatic heterocycles. The molecule has 0 bridgehead atoms. The van der Waals surface area contributed by atoms with E-state index >= 15 is 0 Å². The van der Waals surface area contributed by atoms with Gasteiger partial charge in [0.25, 0.3) is 0 Å². The summed E-state index contributed by atoms with van der Waals surface area (Å²) in [6, 6.07) is 4.15. The first kappa shape index (κ1) is 13.7. The third-order valence-electron chi connectivity index (χ3n) is 4.05. The second kappa shape index (κ2) is 5.11. The Morgan fingerprint density at radius 1 is 1.37 bits per heavy atom. The van der Waals surface area contributed by atoms with Crippen molar-refractivity contribution in [1.82, 2.24) is 0 Å². The lowest BCUT2D eigenvalue weighted by atomic mass is 9.93. The van der Waals surface area contributed by atoms with Crippen molar-refractivity contribution < 1.29 is 9.90 Å². The fraction of sp³-hybridized carbons (Fsp3) is 0.533. The highest BCUT2D eigenvalue weighted by atomic mass is 16.4. The molecule has 4 heteroatoms. The summed E-state index contributed by atoms with van der Waals surface area (Å²) in [6.07, 6.45) is 2.38. The Labute approximate surface area is 114 Å². The van der Waals surface area contributed by atoms with E-state index in [2.05, 4.69) is 18.7 Å². The number of rotatable bonds is 2. The smallest absolute Gasteiger partial charge is 0.337 e. The Kier molecular flexibility index (Phi) is 3.69. The molecule has 1 saturated heterocycles. The molecule has 0 radical (unpaired) electrons. The number of carboxylic acid groups (broad SMARTS) is 1. The molecule has 1 aliphatic rings. The van der Waals surface area contributed by atoms with E-state index in [-0.39, 0.29) is 5.56 Å². The van der Waals surface area contributed by atoms with Gasteiger partial charge in [0.15, 0.2) is 0 Å². The van der Waals surface area contributed by atoms with Gasteiger partial charge in [-0.3, -0.25) is 0 Å². The number of nitrogen functional groups attached to an aromatic ring is 1. The molecule has 1 heterocycles. The van der Waals surface area contributed by atoms with Gasteiger partial charge < -0.3 is 15.7 Å². The summed E-state index contributed by atoms with van der Waals surface area (Å²) < 4.78 is 0. The highest BCUT2D eigenvalue weighted by Gasteiger charge is 2.24. The van der Waals surface area contributed by atoms with E-state index in [1.165, 1.54) is 6.42 Å². The lowest BCUT2D eigenvalue weighted by Gasteiger charge is -2.39. The minimum Gasteiger partial charge on any atom is -0.478 e. The molecule has 1 aliphatic heterocycles. The van der Waals surface area contributed by atoms with Crippen LogP contribution in [0.2, 0.25) is 0 Å². The van der Waals surface area contributed by atoms with E-state index in [4.69, 9.17) is 5.73 Å². The van der Waals surface area contributed by atoms with Gasteiger partial charge in [-0.1, -0.05) is 6.92 Å². The first-order chi connectivity index (χ1) is 8.90. The summed E-state index contributed by atoms with van der Waals surface area (Å²) in [7, 11) is 0. The molecule has 1 aromatic carbocycles. The van der Waals surface area contributed by atoms with Gasteiger partial charge in [-0.25, -0.2) is 4.79 Å². The molecule has 0 aliphatic carbocycles. The fourth-order valence-electron chi connectivity index (χ4n) is 2.77. The molecular weight excluding hydrogens is 240 g/mol. The highest BCUT2D eigenvalue weighted by molar-refractivity contribution is 5.95. The summed E-state index contributed by atoms with van der Waals surface area (Å²) in [4.78, 5) is 13.6. The van der Waals surface area contributed by atoms with Crippen molar-refractivity contribution >= 4 is 17.3 Å². The quantitative estimate of drug-likeness (QED) is 0.804. The van der Waals surface area contributed by atoms with Crippen molar-refractivity contribution in [1.29, 1.82) is 0 Å². The average Bonchev–Trinajstić information content (AvgIpc) is 2.35. The third kappa shape index (κ3) is 2.67. The molecule has 2 rings (SSSR count). The van der Waals surface area contributed by atoms with Crippen LogP contribution in [0.15, 0.2) is 12.1 Å². The lowest BCUT2D eigenvalue weighted by molar-refractivity contribution is 0.0698. The third-order valence-corrected chi connectivity index (χ3v) is 4.05. The predicted octanol–water partition coefficient (Wildman–Crippen LogP) is 2.90. The van der Waals surface area contributed by atoms with E-state index in [9.17, 15) is 9.90 Å². The van der Waals surface area contributed by atoms with Crippen LogP contribution in [0, 0.1) is 12.8 Å². The predicted molar refractivity (Wildman–Crippen MR) is 77.8 cm³/mol. The summed E-state index contributed by atoms with van der Waals surface area (Å²) in [5.74, 6) is -0.317. The maximum absolute atomic E-state index is 11.3. The fourth-order valence-corrected chi connectivity index (χ4v) is 2.77. The molecular formula is C15H22N2O2. The topological polar surface area (TPSA) is 66.6 Å². The molecule has 1 aromatic rings. The van der Waals surface area contributed by atoms with Crippen molar-refractivity contribution in [2.45, 2.75) is 39.7 Å². The van der Waals surface area contributed by atoms with Gasteiger partial charge in [-0.15, -0.1) is 0 Å². The molecule has 104 valence electrons. The average molecular weight is 262 g/mol. The van der Waals surface area contributed by atoms with Crippen LogP contribution in [0.25, 0.3) is 0 Å². The number of carbonyl (C=O) groups is 1. The Bertz CT molecular complexity index is 499. The van der Waals surface area contributed by atoms with Crippen LogP contribution in [0.1, 0.15) is 42.6 Å². The van der Waals surface area contributed by atoms with E-state index in [0.29, 0.717) is 17.6 Å². The molecule has 0 spiro atoms. The number of benzene rings is 1. The molecule has 19 heavy (non-hydrogen) atoms. The van der Waals surface area contributed by atoms with Crippen LogP contribution < -0.4 is 10.6 Å². The van der Waals surface area contributed by atoms with Crippen molar-refractivity contribution in [2.75, 3.05) is 17.2 Å². The van der Waals surface area contributed by atoms with Gasteiger partial charge in [-0.2, -0.15) is 0 Å². The van der Waals surface area contributed by atoms with Crippen LogP contribution >= 0.6 is 0 Å². The summed E-state index contributed by atoms with van der Waals surface area (Å²) >= 11 is 0. The Morgan fingerprint density at radius 2 is 2.05 bits per heavy atom. The van der Waals surface area contributed by atoms with Crippen LogP contribution in [0.3, 0.4) is 0 Å². The summed E-state index contributed by atoms with van der Waals surface area (Å²) in [5.41, 5.74) is 8.23. The molecule has 0 saturated carbocycles. The first-order valence-corrected chi connectivity index (χ1v) is 6.80. The number of hydrogen-bond acceptors (Lipinski definition) is 3. The van der Waals surface area contributed by atoms with Crippen molar-refractivity contribution in [2.24, 2.45) is 5.92 Å². The zero-order chi connectivity index (χ0) is 14.2. The van der Waals surface area contributed by atoms with Gasteiger partial charge in [0.1, 0.15) is 0 Å². The van der Waals surface area contributed by atoms with Gasteiger partial charge in [-0.05, 0) is 50.3 Å². The van der Waals surface area contributed by atoms with E-state index in [1.54, 1.807) is 6.07 Å². The SMILES string of the molecule is Cc1cc(N2CC(C)CCC2C)cc(C(=O)O)c1N. The maximum Gasteiger partial charge on any atom is 0.337 e. The molecule has 1 fully saturated rings. The number of anilines is 2. The number of hydrogen-bond donors (Lipinski definition) is 2. The number of nitrogens with zero attached hydrogens (tertiary/aromatic N) is 1. The van der Waals surface area contributed by atoms with Crippen molar-refractivity contribution in [3.05, 3.63) is 23.3 Å². The minimum absolute atomic E-state index is 0.209. The number of nitrogens with two attached hydrogens (primary N) is 1. The number of carboxylic acids is 1. The van der Waals surface area contributed by atoms with E-state index < -0.39 is 5.97 Å². The van der Waals surface area contributed by atoms with Gasteiger partial charge in [0.05, 0.1) is 5.56 Å². The van der Waals surface area contributed by atoms with Gasteiger partial charge in [0.2, 0.25) is 0 Å². The van der Waals surface area contributed by atoms with Gasteiger partial charge in [0, 0.05) is 24.0 Å². The normalized spacial score (nSPS) is 23.4. The molecule has 2 unspecified atom stereocenters. The lowest BCUT2D eigenvalue weighted by Crippen LogP contribution is -2.41. The van der Waals surface area contributed by atoms with Crippen LogP contribution in [0.4, 0.5) is 11.4 Å². The van der Waals surface area contributed by atoms with E-state index in [0.717, 1.165) is 24.2 Å². The van der Waals surface area contributed by atoms with Crippen LogP contribution in [0.5, 0.6) is 0 Å². The maximum atomic E-state index is 11.3. The summed E-state index contributed by atoms with van der Waals surface area (Å²) in [6.45, 7) is 7.27. The van der Waals surface area contributed by atoms with Crippen LogP contribution in [-0.2, 0) is 0 Å². The Morgan fingerprint density at radius 3 is 2.68 bits per heavy atom. The second-order valence-electron chi connectivity index (χ2n) is 5.71. The summed E-state index contributed by atoms with van der Waals surface area (Å²) in [5, 5.41) is 9.23. The minimum atomic E-state index is -0.958. The Balaban J connectivity index is 2.41. The van der Waals surface area contributed by atoms with Gasteiger partial charge >= 0.3 is 5.97 Å². The largest absolute Gasteiger partial charge is 0.478 e. The van der Waals surface area contributed by atoms with Crippen molar-refractivity contribution in [3.8, 4) is 0 Å². The zero-order valence-electron chi connectivity index (χ0n) is 11.8.